The number of amidine groups is 1. The third-order valence-electron chi connectivity index (χ3n) is 2.37. The molecule has 0 saturated heterocycles. The Kier molecular flexibility index (Phi) is 6.74. The van der Waals surface area contributed by atoms with Crippen molar-refractivity contribution in [1.82, 2.24) is 0 Å². The molecule has 1 aromatic rings. The van der Waals surface area contributed by atoms with Gasteiger partial charge in [-0.3, -0.25) is 0 Å². The first-order valence-corrected chi connectivity index (χ1v) is 6.93. The second kappa shape index (κ2) is 8.06. The Labute approximate surface area is 125 Å². The summed E-state index contributed by atoms with van der Waals surface area (Å²) in [6.07, 6.45) is 0. The van der Waals surface area contributed by atoms with E-state index in [1.807, 2.05) is 13.8 Å². The fourth-order valence-electron chi connectivity index (χ4n) is 1.42. The maximum Gasteiger partial charge on any atom is 0.179 e. The third kappa shape index (κ3) is 4.64. The zero-order valence-corrected chi connectivity index (χ0v) is 13.0. The van der Waals surface area contributed by atoms with E-state index < -0.39 is 5.82 Å². The van der Waals surface area contributed by atoms with Crippen molar-refractivity contribution in [1.29, 1.82) is 0 Å². The molecule has 0 aliphatic heterocycles. The molecule has 1 rings (SSSR count). The van der Waals surface area contributed by atoms with Gasteiger partial charge >= 0.3 is 0 Å². The number of oxime groups is 1. The monoisotopic (exact) mass is 348 g/mol. The van der Waals surface area contributed by atoms with E-state index in [0.29, 0.717) is 19.1 Å². The largest absolute Gasteiger partial charge is 0.488 e. The van der Waals surface area contributed by atoms with Crippen LogP contribution in [0, 0.1) is 11.7 Å². The van der Waals surface area contributed by atoms with E-state index in [0.717, 1.165) is 0 Å². The standard InChI is InChI=1S/C13H18BrFN2O3/c1-8(2)7-19-5-6-20-10-4-3-9(13(16)17-18)11(14)12(10)15/h3-4,8,18H,5-7H2,1-2H3,(H2,16,17). The molecule has 1 aromatic carbocycles. The molecule has 0 unspecified atom stereocenters. The summed E-state index contributed by atoms with van der Waals surface area (Å²) in [4.78, 5) is 0. The summed E-state index contributed by atoms with van der Waals surface area (Å²) in [5.41, 5.74) is 5.68. The minimum absolute atomic E-state index is 0.0829. The highest BCUT2D eigenvalue weighted by molar-refractivity contribution is 9.10. The molecule has 0 spiro atoms. The van der Waals surface area contributed by atoms with Gasteiger partial charge < -0.3 is 20.4 Å². The number of rotatable bonds is 7. The molecule has 5 nitrogen and oxygen atoms in total. The second-order valence-electron chi connectivity index (χ2n) is 4.54. The van der Waals surface area contributed by atoms with Gasteiger partial charge in [0.1, 0.15) is 6.61 Å². The van der Waals surface area contributed by atoms with Crippen LogP contribution in [0.3, 0.4) is 0 Å². The Morgan fingerprint density at radius 2 is 2.15 bits per heavy atom. The molecule has 0 aromatic heterocycles. The Morgan fingerprint density at radius 3 is 2.75 bits per heavy atom. The van der Waals surface area contributed by atoms with Gasteiger partial charge in [0.2, 0.25) is 0 Å². The summed E-state index contributed by atoms with van der Waals surface area (Å²) in [5.74, 6) is -0.249. The van der Waals surface area contributed by atoms with Crippen molar-refractivity contribution in [2.45, 2.75) is 13.8 Å². The third-order valence-corrected chi connectivity index (χ3v) is 3.14. The minimum atomic E-state index is -0.599. The van der Waals surface area contributed by atoms with E-state index >= 15 is 0 Å². The lowest BCUT2D eigenvalue weighted by Gasteiger charge is -2.11. The topological polar surface area (TPSA) is 77.1 Å². The highest BCUT2D eigenvalue weighted by Gasteiger charge is 2.14. The van der Waals surface area contributed by atoms with Crippen molar-refractivity contribution in [3.8, 4) is 5.75 Å². The summed E-state index contributed by atoms with van der Waals surface area (Å²) < 4.78 is 24.7. The van der Waals surface area contributed by atoms with Crippen LogP contribution in [0.2, 0.25) is 0 Å². The number of hydrogen-bond donors (Lipinski definition) is 2. The number of nitrogens with zero attached hydrogens (tertiary/aromatic N) is 1. The second-order valence-corrected chi connectivity index (χ2v) is 5.33. The lowest BCUT2D eigenvalue weighted by atomic mass is 10.2. The number of halogens is 2. The van der Waals surface area contributed by atoms with Crippen molar-refractivity contribution >= 4 is 21.8 Å². The normalized spacial score (nSPS) is 11.9. The molecule has 3 N–H and O–H groups in total. The van der Waals surface area contributed by atoms with E-state index in [4.69, 9.17) is 20.4 Å². The van der Waals surface area contributed by atoms with E-state index in [1.165, 1.54) is 12.1 Å². The lowest BCUT2D eigenvalue weighted by Crippen LogP contribution is -2.15. The van der Waals surface area contributed by atoms with Crippen LogP contribution in [0.4, 0.5) is 4.39 Å². The first kappa shape index (κ1) is 16.7. The van der Waals surface area contributed by atoms with E-state index in [1.54, 1.807) is 0 Å². The Hall–Kier alpha value is -1.34. The first-order valence-electron chi connectivity index (χ1n) is 6.13. The molecule has 0 amide bonds. The average Bonchev–Trinajstić information content (AvgIpc) is 2.42. The van der Waals surface area contributed by atoms with Gasteiger partial charge in [-0.15, -0.1) is 0 Å². The van der Waals surface area contributed by atoms with Gasteiger partial charge in [0.05, 0.1) is 11.1 Å². The van der Waals surface area contributed by atoms with Crippen LogP contribution >= 0.6 is 15.9 Å². The number of nitrogens with two attached hydrogens (primary N) is 1. The molecule has 0 heterocycles. The zero-order chi connectivity index (χ0) is 15.1. The van der Waals surface area contributed by atoms with E-state index in [9.17, 15) is 4.39 Å². The molecule has 112 valence electrons. The fraction of sp³-hybridized carbons (Fsp3) is 0.462. The minimum Gasteiger partial charge on any atom is -0.488 e. The van der Waals surface area contributed by atoms with Crippen LogP contribution in [0.5, 0.6) is 5.75 Å². The van der Waals surface area contributed by atoms with Gasteiger partial charge in [0.15, 0.2) is 17.4 Å². The maximum absolute atomic E-state index is 14.0. The molecular weight excluding hydrogens is 331 g/mol. The molecule has 0 aliphatic rings. The van der Waals surface area contributed by atoms with Gasteiger partial charge in [-0.05, 0) is 34.0 Å². The zero-order valence-electron chi connectivity index (χ0n) is 11.4. The van der Waals surface area contributed by atoms with E-state index in [-0.39, 0.29) is 28.2 Å². The number of benzene rings is 1. The molecule has 0 aliphatic carbocycles. The predicted octanol–water partition coefficient (Wildman–Crippen LogP) is 2.73. The van der Waals surface area contributed by atoms with Gasteiger partial charge in [-0.25, -0.2) is 4.39 Å². The lowest BCUT2D eigenvalue weighted by molar-refractivity contribution is 0.0807. The van der Waals surface area contributed by atoms with Crippen molar-refractivity contribution in [2.75, 3.05) is 19.8 Å². The van der Waals surface area contributed by atoms with Gasteiger partial charge in [-0.2, -0.15) is 0 Å². The summed E-state index contributed by atoms with van der Waals surface area (Å²) in [6, 6.07) is 2.93. The van der Waals surface area contributed by atoms with Gasteiger partial charge in [-0.1, -0.05) is 19.0 Å². The van der Waals surface area contributed by atoms with Crippen LogP contribution in [0.1, 0.15) is 19.4 Å². The number of hydrogen-bond acceptors (Lipinski definition) is 4. The molecule has 0 saturated carbocycles. The van der Waals surface area contributed by atoms with Crippen LogP contribution in [-0.2, 0) is 4.74 Å². The highest BCUT2D eigenvalue weighted by Crippen LogP contribution is 2.28. The molecule has 0 atom stereocenters. The SMILES string of the molecule is CC(C)COCCOc1ccc(/C(N)=N/O)c(Br)c1F. The quantitative estimate of drug-likeness (QED) is 0.261. The summed E-state index contributed by atoms with van der Waals surface area (Å²) in [7, 11) is 0. The smallest absolute Gasteiger partial charge is 0.179 e. The maximum atomic E-state index is 14.0. The average molecular weight is 349 g/mol. The van der Waals surface area contributed by atoms with Crippen LogP contribution in [-0.4, -0.2) is 30.9 Å². The van der Waals surface area contributed by atoms with E-state index in [2.05, 4.69) is 21.1 Å². The Bertz CT molecular complexity index is 481. The highest BCUT2D eigenvalue weighted by atomic mass is 79.9. The first-order chi connectivity index (χ1) is 9.47. The van der Waals surface area contributed by atoms with Crippen LogP contribution < -0.4 is 10.5 Å². The van der Waals surface area contributed by atoms with Crippen LogP contribution in [0.25, 0.3) is 0 Å². The van der Waals surface area contributed by atoms with Crippen molar-refractivity contribution < 1.29 is 19.1 Å². The fourth-order valence-corrected chi connectivity index (χ4v) is 1.96. The molecule has 7 heteroatoms. The summed E-state index contributed by atoms with van der Waals surface area (Å²) in [5, 5.41) is 11.4. The predicted molar refractivity (Wildman–Crippen MR) is 77.8 cm³/mol. The Balaban J connectivity index is 2.62. The van der Waals surface area contributed by atoms with Crippen molar-refractivity contribution in [3.63, 3.8) is 0 Å². The van der Waals surface area contributed by atoms with Crippen molar-refractivity contribution in [3.05, 3.63) is 28.0 Å². The Morgan fingerprint density at radius 1 is 1.45 bits per heavy atom. The molecule has 0 bridgehead atoms. The molecular formula is C13H18BrFN2O3. The number of ether oxygens (including phenoxy) is 2. The van der Waals surface area contributed by atoms with Crippen LogP contribution in [0.15, 0.2) is 21.8 Å². The summed E-state index contributed by atoms with van der Waals surface area (Å²) >= 11 is 3.06. The van der Waals surface area contributed by atoms with Crippen molar-refractivity contribution in [2.24, 2.45) is 16.8 Å². The van der Waals surface area contributed by atoms with Gasteiger partial charge in [0.25, 0.3) is 0 Å². The summed E-state index contributed by atoms with van der Waals surface area (Å²) in [6.45, 7) is 5.36. The molecule has 20 heavy (non-hydrogen) atoms. The molecule has 0 fully saturated rings. The molecule has 0 radical (unpaired) electrons. The van der Waals surface area contributed by atoms with Gasteiger partial charge in [0, 0.05) is 12.2 Å².